The molecule has 2 aromatic rings. The maximum Gasteiger partial charge on any atom is 0.0952 e. The molecule has 0 amide bonds. The van der Waals surface area contributed by atoms with E-state index in [1.807, 2.05) is 37.3 Å². The van der Waals surface area contributed by atoms with E-state index in [0.29, 0.717) is 5.02 Å². The molecule has 1 heterocycles. The van der Waals surface area contributed by atoms with Crippen LogP contribution in [0.15, 0.2) is 42.6 Å². The summed E-state index contributed by atoms with van der Waals surface area (Å²) in [5.74, 6) is 0.0298. The quantitative estimate of drug-likeness (QED) is 0.906. The van der Waals surface area contributed by atoms with Crippen LogP contribution in [-0.2, 0) is 12.0 Å². The number of aryl methyl sites for hydroxylation is 1. The molecule has 3 rings (SSSR count). The molecule has 1 aromatic heterocycles. The number of hydrogen-bond acceptors (Lipinski definition) is 2. The number of pyridine rings is 1. The van der Waals surface area contributed by atoms with Crippen molar-refractivity contribution in [2.75, 3.05) is 0 Å². The van der Waals surface area contributed by atoms with E-state index in [2.05, 4.69) is 11.1 Å². The molecule has 1 N–H and O–H groups in total. The fraction of sp³-hybridized carbons (Fsp3) is 0.312. The first-order chi connectivity index (χ1) is 9.09. The number of nitrogens with zero attached hydrogens (tertiary/aromatic N) is 1. The predicted octanol–water partition coefficient (Wildman–Crippen LogP) is 3.67. The van der Waals surface area contributed by atoms with Crippen molar-refractivity contribution in [1.29, 1.82) is 0 Å². The van der Waals surface area contributed by atoms with Crippen molar-refractivity contribution < 1.29 is 5.11 Å². The third-order valence-electron chi connectivity index (χ3n) is 4.05. The maximum atomic E-state index is 11.0. The number of aromatic nitrogens is 1. The summed E-state index contributed by atoms with van der Waals surface area (Å²) in [4.78, 5) is 4.46. The predicted molar refractivity (Wildman–Crippen MR) is 76.3 cm³/mol. The Morgan fingerprint density at radius 2 is 2.16 bits per heavy atom. The summed E-state index contributed by atoms with van der Waals surface area (Å²) in [6.45, 7) is 1.85. The SMILES string of the molecule is CC(O)(c1cccc(Cl)c1)C1CCc2cccnc21. The number of aliphatic hydroxyl groups is 1. The topological polar surface area (TPSA) is 33.1 Å². The van der Waals surface area contributed by atoms with E-state index in [4.69, 9.17) is 11.6 Å². The van der Waals surface area contributed by atoms with Crippen molar-refractivity contribution in [3.05, 3.63) is 64.4 Å². The molecule has 98 valence electrons. The van der Waals surface area contributed by atoms with Gasteiger partial charge in [0.2, 0.25) is 0 Å². The molecule has 1 aliphatic carbocycles. The molecule has 0 fully saturated rings. The lowest BCUT2D eigenvalue weighted by Crippen LogP contribution is -2.29. The van der Waals surface area contributed by atoms with E-state index in [-0.39, 0.29) is 5.92 Å². The zero-order chi connectivity index (χ0) is 13.5. The average molecular weight is 274 g/mol. The van der Waals surface area contributed by atoms with E-state index < -0.39 is 5.60 Å². The van der Waals surface area contributed by atoms with E-state index in [1.165, 1.54) is 5.56 Å². The van der Waals surface area contributed by atoms with Crippen LogP contribution >= 0.6 is 11.6 Å². The fourth-order valence-electron chi connectivity index (χ4n) is 2.96. The molecule has 2 nitrogen and oxygen atoms in total. The number of rotatable bonds is 2. The highest BCUT2D eigenvalue weighted by atomic mass is 35.5. The van der Waals surface area contributed by atoms with Gasteiger partial charge < -0.3 is 5.11 Å². The second kappa shape index (κ2) is 4.62. The molecule has 0 radical (unpaired) electrons. The van der Waals surface area contributed by atoms with Crippen LogP contribution < -0.4 is 0 Å². The first-order valence-corrected chi connectivity index (χ1v) is 6.89. The summed E-state index contributed by atoms with van der Waals surface area (Å²) < 4.78 is 0. The minimum atomic E-state index is -0.940. The van der Waals surface area contributed by atoms with Crippen molar-refractivity contribution in [3.63, 3.8) is 0 Å². The second-order valence-electron chi connectivity index (χ2n) is 5.30. The molecule has 0 saturated heterocycles. The van der Waals surface area contributed by atoms with Gasteiger partial charge in [-0.2, -0.15) is 0 Å². The molecule has 1 aliphatic rings. The van der Waals surface area contributed by atoms with Crippen molar-refractivity contribution in [2.45, 2.75) is 31.3 Å². The zero-order valence-corrected chi connectivity index (χ0v) is 11.6. The van der Waals surface area contributed by atoms with Crippen LogP contribution in [0.4, 0.5) is 0 Å². The lowest BCUT2D eigenvalue weighted by molar-refractivity contribution is 0.0256. The lowest BCUT2D eigenvalue weighted by Gasteiger charge is -2.31. The highest BCUT2D eigenvalue weighted by molar-refractivity contribution is 6.30. The molecule has 0 bridgehead atoms. The van der Waals surface area contributed by atoms with E-state index in [0.717, 1.165) is 24.1 Å². The fourth-order valence-corrected chi connectivity index (χ4v) is 3.15. The van der Waals surface area contributed by atoms with Crippen LogP contribution in [-0.4, -0.2) is 10.1 Å². The molecular formula is C16H16ClNO. The Hall–Kier alpha value is -1.38. The first kappa shape index (κ1) is 12.6. The summed E-state index contributed by atoms with van der Waals surface area (Å²) in [6, 6.07) is 11.5. The van der Waals surface area contributed by atoms with Crippen molar-refractivity contribution in [1.82, 2.24) is 4.98 Å². The third kappa shape index (κ3) is 2.15. The molecule has 19 heavy (non-hydrogen) atoms. The molecule has 0 aliphatic heterocycles. The van der Waals surface area contributed by atoms with Gasteiger partial charge in [0.05, 0.1) is 5.60 Å². The van der Waals surface area contributed by atoms with Gasteiger partial charge in [-0.15, -0.1) is 0 Å². The number of halogens is 1. The van der Waals surface area contributed by atoms with E-state index in [1.54, 1.807) is 6.20 Å². The summed E-state index contributed by atoms with van der Waals surface area (Å²) in [5.41, 5.74) is 2.18. The minimum absolute atomic E-state index is 0.0298. The van der Waals surface area contributed by atoms with Gasteiger partial charge >= 0.3 is 0 Å². The van der Waals surface area contributed by atoms with Crippen LogP contribution in [0.5, 0.6) is 0 Å². The average Bonchev–Trinajstić information content (AvgIpc) is 2.83. The minimum Gasteiger partial charge on any atom is -0.385 e. The second-order valence-corrected chi connectivity index (χ2v) is 5.73. The molecule has 1 aromatic carbocycles. The maximum absolute atomic E-state index is 11.0. The van der Waals surface area contributed by atoms with Crippen molar-refractivity contribution in [3.8, 4) is 0 Å². The largest absolute Gasteiger partial charge is 0.385 e. The lowest BCUT2D eigenvalue weighted by atomic mass is 9.81. The van der Waals surface area contributed by atoms with Crippen molar-refractivity contribution >= 4 is 11.6 Å². The molecule has 0 saturated carbocycles. The summed E-state index contributed by atoms with van der Waals surface area (Å²) in [5, 5.41) is 11.6. The first-order valence-electron chi connectivity index (χ1n) is 6.51. The third-order valence-corrected chi connectivity index (χ3v) is 4.28. The van der Waals surface area contributed by atoms with Gasteiger partial charge in [-0.05, 0) is 49.1 Å². The molecular weight excluding hydrogens is 258 g/mol. The summed E-state index contributed by atoms with van der Waals surface area (Å²) in [7, 11) is 0. The van der Waals surface area contributed by atoms with E-state index >= 15 is 0 Å². The Morgan fingerprint density at radius 3 is 2.95 bits per heavy atom. The van der Waals surface area contributed by atoms with Crippen LogP contribution in [0.2, 0.25) is 5.02 Å². The van der Waals surface area contributed by atoms with Gasteiger partial charge in [-0.25, -0.2) is 0 Å². The normalized spacial score (nSPS) is 20.9. The Balaban J connectivity index is 2.02. The highest BCUT2D eigenvalue weighted by Gasteiger charge is 2.39. The Morgan fingerprint density at radius 1 is 1.32 bits per heavy atom. The van der Waals surface area contributed by atoms with Gasteiger partial charge in [-0.1, -0.05) is 29.8 Å². The number of hydrogen-bond donors (Lipinski definition) is 1. The molecule has 2 unspecified atom stereocenters. The van der Waals surface area contributed by atoms with Gasteiger partial charge in [0.15, 0.2) is 0 Å². The standard InChI is InChI=1S/C16H16ClNO/c1-16(19,12-5-2-6-13(17)10-12)14-8-7-11-4-3-9-18-15(11)14/h2-6,9-10,14,19H,7-8H2,1H3. The number of fused-ring (bicyclic) bond motifs is 1. The Kier molecular flexibility index (Phi) is 3.08. The Labute approximate surface area is 118 Å². The van der Waals surface area contributed by atoms with Crippen LogP contribution in [0.3, 0.4) is 0 Å². The molecule has 3 heteroatoms. The Bertz CT molecular complexity index is 609. The summed E-state index contributed by atoms with van der Waals surface area (Å²) >= 11 is 6.03. The van der Waals surface area contributed by atoms with Gasteiger partial charge in [-0.3, -0.25) is 4.98 Å². The van der Waals surface area contributed by atoms with Crippen LogP contribution in [0, 0.1) is 0 Å². The van der Waals surface area contributed by atoms with E-state index in [9.17, 15) is 5.11 Å². The highest BCUT2D eigenvalue weighted by Crippen LogP contribution is 2.44. The monoisotopic (exact) mass is 273 g/mol. The number of benzene rings is 1. The molecule has 0 spiro atoms. The van der Waals surface area contributed by atoms with Crippen LogP contribution in [0.1, 0.15) is 36.1 Å². The van der Waals surface area contributed by atoms with Gasteiger partial charge in [0.1, 0.15) is 0 Å². The molecule has 2 atom stereocenters. The van der Waals surface area contributed by atoms with Crippen molar-refractivity contribution in [2.24, 2.45) is 0 Å². The van der Waals surface area contributed by atoms with Gasteiger partial charge in [0, 0.05) is 22.8 Å². The van der Waals surface area contributed by atoms with Gasteiger partial charge in [0.25, 0.3) is 0 Å². The smallest absolute Gasteiger partial charge is 0.0952 e. The summed E-state index contributed by atoms with van der Waals surface area (Å²) in [6.07, 6.45) is 3.70. The zero-order valence-electron chi connectivity index (χ0n) is 10.8. The van der Waals surface area contributed by atoms with Crippen LogP contribution in [0.25, 0.3) is 0 Å².